The van der Waals surface area contributed by atoms with Crippen molar-refractivity contribution in [2.24, 2.45) is 11.3 Å². The zero-order valence-electron chi connectivity index (χ0n) is 15.6. The zero-order valence-corrected chi connectivity index (χ0v) is 15.6. The summed E-state index contributed by atoms with van der Waals surface area (Å²) in [6.45, 7) is 7.30. The van der Waals surface area contributed by atoms with E-state index in [1.807, 2.05) is 0 Å². The minimum atomic E-state index is 0.103. The average molecular weight is 335 g/mol. The molecule has 3 rings (SSSR count). The molecule has 2 aliphatic rings. The second kappa shape index (κ2) is 7.43. The van der Waals surface area contributed by atoms with Crippen molar-refractivity contribution in [2.75, 3.05) is 6.54 Å². The second-order valence-electron chi connectivity index (χ2n) is 8.03. The van der Waals surface area contributed by atoms with Crippen LogP contribution in [0.25, 0.3) is 5.57 Å². The first-order valence-electron chi connectivity index (χ1n) is 9.41. The molecule has 0 radical (unpaired) electrons. The van der Waals surface area contributed by atoms with Gasteiger partial charge in [0.15, 0.2) is 0 Å². The van der Waals surface area contributed by atoms with E-state index in [-0.39, 0.29) is 17.2 Å². The van der Waals surface area contributed by atoms with Gasteiger partial charge in [0.25, 0.3) is 0 Å². The molecule has 0 aromatic heterocycles. The van der Waals surface area contributed by atoms with Gasteiger partial charge in [-0.1, -0.05) is 81.8 Å². The molecule has 1 N–H and O–H groups in total. The molecule has 25 heavy (non-hydrogen) atoms. The van der Waals surface area contributed by atoms with Crippen molar-refractivity contribution in [1.29, 1.82) is 0 Å². The molecular formula is C23H29NO. The van der Waals surface area contributed by atoms with Crippen LogP contribution < -0.4 is 5.32 Å². The quantitative estimate of drug-likeness (QED) is 0.783. The predicted octanol–water partition coefficient (Wildman–Crippen LogP) is 5.24. The molecule has 2 heteroatoms. The first kappa shape index (κ1) is 17.7. The van der Waals surface area contributed by atoms with Crippen LogP contribution in [0.3, 0.4) is 0 Å². The number of nitrogens with one attached hydrogen (secondary N) is 1. The molecule has 0 aliphatic heterocycles. The van der Waals surface area contributed by atoms with E-state index < -0.39 is 0 Å². The van der Waals surface area contributed by atoms with E-state index in [0.717, 1.165) is 12.8 Å². The molecule has 1 atom stereocenters. The van der Waals surface area contributed by atoms with Crippen LogP contribution in [0.5, 0.6) is 0 Å². The lowest BCUT2D eigenvalue weighted by Gasteiger charge is -2.25. The molecule has 1 fully saturated rings. The van der Waals surface area contributed by atoms with E-state index in [2.05, 4.69) is 80.7 Å². The summed E-state index contributed by atoms with van der Waals surface area (Å²) in [4.78, 5) is 12.0. The molecule has 1 amide bonds. The monoisotopic (exact) mass is 335 g/mol. The van der Waals surface area contributed by atoms with Gasteiger partial charge in [0.1, 0.15) is 0 Å². The van der Waals surface area contributed by atoms with Gasteiger partial charge >= 0.3 is 0 Å². The topological polar surface area (TPSA) is 29.1 Å². The predicted molar refractivity (Wildman–Crippen MR) is 105 cm³/mol. The van der Waals surface area contributed by atoms with Crippen molar-refractivity contribution < 1.29 is 4.79 Å². The highest BCUT2D eigenvalue weighted by Gasteiger charge is 2.25. The molecule has 1 aromatic carbocycles. The lowest BCUT2D eigenvalue weighted by molar-refractivity contribution is -0.127. The number of hydrogen-bond donors (Lipinski definition) is 1. The first-order valence-corrected chi connectivity index (χ1v) is 9.41. The molecule has 0 saturated heterocycles. The summed E-state index contributed by atoms with van der Waals surface area (Å²) in [6, 6.07) is 8.73. The fourth-order valence-electron chi connectivity index (χ4n) is 3.20. The Labute approximate surface area is 151 Å². The standard InChI is InChI=1S/C23H29NO/c1-17(16-24-22(25)21-6-4-7-21)18-9-11-20(12-10-18)19-8-5-14-23(2,3)15-13-19/h5,8-15,17,21H,4,6-7,16H2,1-3H3,(H,24,25). The van der Waals surface area contributed by atoms with Crippen LogP contribution >= 0.6 is 0 Å². The third-order valence-electron chi connectivity index (χ3n) is 5.37. The Hall–Kier alpha value is -2.09. The molecule has 0 heterocycles. The maximum Gasteiger partial charge on any atom is 0.223 e. The summed E-state index contributed by atoms with van der Waals surface area (Å²) in [5.74, 6) is 0.828. The van der Waals surface area contributed by atoms with Crippen LogP contribution in [0.1, 0.15) is 57.1 Å². The van der Waals surface area contributed by atoms with Gasteiger partial charge in [0.2, 0.25) is 5.91 Å². The fraction of sp³-hybridized carbons (Fsp3) is 0.435. The molecule has 2 nitrogen and oxygen atoms in total. The Morgan fingerprint density at radius 3 is 2.56 bits per heavy atom. The van der Waals surface area contributed by atoms with Gasteiger partial charge in [-0.2, -0.15) is 0 Å². The highest BCUT2D eigenvalue weighted by atomic mass is 16.1. The Morgan fingerprint density at radius 2 is 1.92 bits per heavy atom. The lowest BCUT2D eigenvalue weighted by Crippen LogP contribution is -2.36. The molecule has 1 aromatic rings. The summed E-state index contributed by atoms with van der Waals surface area (Å²) in [5, 5.41) is 3.11. The molecule has 1 unspecified atom stereocenters. The second-order valence-corrected chi connectivity index (χ2v) is 8.03. The van der Waals surface area contributed by atoms with Crippen molar-refractivity contribution in [1.82, 2.24) is 5.32 Å². The summed E-state index contributed by atoms with van der Waals surface area (Å²) in [5.41, 5.74) is 3.84. The van der Waals surface area contributed by atoms with Gasteiger partial charge in [-0.3, -0.25) is 4.79 Å². The fourth-order valence-corrected chi connectivity index (χ4v) is 3.20. The van der Waals surface area contributed by atoms with Crippen LogP contribution in [-0.2, 0) is 4.79 Å². The van der Waals surface area contributed by atoms with E-state index in [9.17, 15) is 4.79 Å². The minimum absolute atomic E-state index is 0.103. The lowest BCUT2D eigenvalue weighted by atomic mass is 9.84. The number of carbonyl (C=O) groups is 1. The molecular weight excluding hydrogens is 306 g/mol. The number of carbonyl (C=O) groups excluding carboxylic acids is 1. The summed E-state index contributed by atoms with van der Waals surface area (Å²) >= 11 is 0. The number of allylic oxidation sites excluding steroid dienone is 6. The van der Waals surface area contributed by atoms with Crippen molar-refractivity contribution in [3.63, 3.8) is 0 Å². The Morgan fingerprint density at radius 1 is 1.20 bits per heavy atom. The number of rotatable bonds is 5. The Balaban J connectivity index is 1.61. The van der Waals surface area contributed by atoms with Crippen LogP contribution in [0, 0.1) is 11.3 Å². The maximum atomic E-state index is 12.0. The largest absolute Gasteiger partial charge is 0.355 e. The molecule has 0 spiro atoms. The van der Waals surface area contributed by atoms with Crippen LogP contribution in [0.15, 0.2) is 54.6 Å². The van der Waals surface area contributed by atoms with Gasteiger partial charge < -0.3 is 5.32 Å². The summed E-state index contributed by atoms with van der Waals surface area (Å²) in [6.07, 6.45) is 14.3. The highest BCUT2D eigenvalue weighted by Crippen LogP contribution is 2.28. The van der Waals surface area contributed by atoms with Crippen molar-refractivity contribution in [3.05, 3.63) is 65.8 Å². The van der Waals surface area contributed by atoms with Crippen LogP contribution in [-0.4, -0.2) is 12.5 Å². The molecule has 0 bridgehead atoms. The molecule has 132 valence electrons. The molecule has 1 saturated carbocycles. The average Bonchev–Trinajstić information content (AvgIpc) is 2.72. The van der Waals surface area contributed by atoms with Gasteiger partial charge in [0.05, 0.1) is 0 Å². The normalized spacial score (nSPS) is 20.4. The van der Waals surface area contributed by atoms with E-state index in [1.165, 1.54) is 23.1 Å². The SMILES string of the molecule is CC(CNC(=O)C1CCC1)c1ccc(C2=CC=CC(C)(C)C=C2)cc1. The smallest absolute Gasteiger partial charge is 0.223 e. The van der Waals surface area contributed by atoms with E-state index in [4.69, 9.17) is 0 Å². The van der Waals surface area contributed by atoms with Gasteiger partial charge in [-0.25, -0.2) is 0 Å². The van der Waals surface area contributed by atoms with Gasteiger partial charge in [0, 0.05) is 17.9 Å². The number of amides is 1. The van der Waals surface area contributed by atoms with Gasteiger partial charge in [-0.15, -0.1) is 0 Å². The Bertz CT molecular complexity index is 702. The number of hydrogen-bond acceptors (Lipinski definition) is 1. The van der Waals surface area contributed by atoms with E-state index in [0.29, 0.717) is 12.5 Å². The third kappa shape index (κ3) is 4.50. The Kier molecular flexibility index (Phi) is 5.27. The highest BCUT2D eigenvalue weighted by molar-refractivity contribution is 5.79. The zero-order chi connectivity index (χ0) is 17.9. The summed E-state index contributed by atoms with van der Waals surface area (Å²) in [7, 11) is 0. The third-order valence-corrected chi connectivity index (χ3v) is 5.37. The van der Waals surface area contributed by atoms with E-state index >= 15 is 0 Å². The van der Waals surface area contributed by atoms with Crippen LogP contribution in [0.2, 0.25) is 0 Å². The maximum absolute atomic E-state index is 12.0. The number of benzene rings is 1. The van der Waals surface area contributed by atoms with Crippen molar-refractivity contribution in [3.8, 4) is 0 Å². The first-order chi connectivity index (χ1) is 11.9. The van der Waals surface area contributed by atoms with Crippen molar-refractivity contribution in [2.45, 2.75) is 46.0 Å². The minimum Gasteiger partial charge on any atom is -0.355 e. The van der Waals surface area contributed by atoms with Crippen LogP contribution in [0.4, 0.5) is 0 Å². The van der Waals surface area contributed by atoms with Gasteiger partial charge in [-0.05, 0) is 35.5 Å². The van der Waals surface area contributed by atoms with E-state index in [1.54, 1.807) is 0 Å². The summed E-state index contributed by atoms with van der Waals surface area (Å²) < 4.78 is 0. The van der Waals surface area contributed by atoms with Crippen molar-refractivity contribution >= 4 is 11.5 Å². The molecule has 2 aliphatic carbocycles.